The summed E-state index contributed by atoms with van der Waals surface area (Å²) in [6.07, 6.45) is 6.51. The van der Waals surface area contributed by atoms with Crippen molar-refractivity contribution < 1.29 is 8.81 Å². The Morgan fingerprint density at radius 1 is 1.18 bits per heavy atom. The Bertz CT molecular complexity index is 999. The van der Waals surface area contributed by atoms with Crippen molar-refractivity contribution in [2.45, 2.75) is 57.4 Å². The standard InChI is InChI=1S/C23H27FN2O2/c1-15-16(4-2-6-20(15)24)5-3-13-25-19-10-7-17(8-11-19)18-9-12-21-22(14-18)28-23(27)26-21/h2,4,6,9,12,14,17,19,25H,3,5,7-8,10-11,13H2,1H3,(H,26,27). The highest BCUT2D eigenvalue weighted by Crippen LogP contribution is 2.34. The van der Waals surface area contributed by atoms with E-state index in [1.54, 1.807) is 6.07 Å². The summed E-state index contributed by atoms with van der Waals surface area (Å²) in [7, 11) is 0. The van der Waals surface area contributed by atoms with Gasteiger partial charge in [0.25, 0.3) is 0 Å². The lowest BCUT2D eigenvalue weighted by molar-refractivity contribution is 0.342. The zero-order valence-corrected chi connectivity index (χ0v) is 16.3. The number of rotatable bonds is 6. The van der Waals surface area contributed by atoms with Gasteiger partial charge < -0.3 is 9.73 Å². The molecule has 0 atom stereocenters. The van der Waals surface area contributed by atoms with Crippen molar-refractivity contribution in [3.8, 4) is 0 Å². The number of oxazole rings is 1. The summed E-state index contributed by atoms with van der Waals surface area (Å²) < 4.78 is 18.8. The van der Waals surface area contributed by atoms with Crippen LogP contribution in [0.2, 0.25) is 0 Å². The van der Waals surface area contributed by atoms with Gasteiger partial charge in [-0.2, -0.15) is 0 Å². The van der Waals surface area contributed by atoms with Crippen LogP contribution in [0.4, 0.5) is 4.39 Å². The summed E-state index contributed by atoms with van der Waals surface area (Å²) in [5.74, 6) is 0.0203. The van der Waals surface area contributed by atoms with E-state index in [1.165, 1.54) is 11.6 Å². The van der Waals surface area contributed by atoms with Crippen molar-refractivity contribution in [3.05, 3.63) is 69.5 Å². The van der Waals surface area contributed by atoms with Crippen molar-refractivity contribution in [3.63, 3.8) is 0 Å². The van der Waals surface area contributed by atoms with E-state index in [-0.39, 0.29) is 5.82 Å². The molecule has 4 rings (SSSR count). The second-order valence-corrected chi connectivity index (χ2v) is 7.90. The number of hydrogen-bond acceptors (Lipinski definition) is 3. The molecule has 1 aliphatic rings. The fourth-order valence-electron chi connectivity index (χ4n) is 4.35. The number of aromatic nitrogens is 1. The van der Waals surface area contributed by atoms with Crippen LogP contribution in [0.1, 0.15) is 54.7 Å². The first-order chi connectivity index (χ1) is 13.6. The highest BCUT2D eigenvalue weighted by molar-refractivity contribution is 5.72. The lowest BCUT2D eigenvalue weighted by Gasteiger charge is -2.29. The fraction of sp³-hybridized carbons (Fsp3) is 0.435. The minimum atomic E-state index is -0.395. The van der Waals surface area contributed by atoms with E-state index in [0.717, 1.165) is 61.7 Å². The van der Waals surface area contributed by atoms with Crippen LogP contribution in [-0.4, -0.2) is 17.6 Å². The molecular weight excluding hydrogens is 355 g/mol. The number of aromatic amines is 1. The molecule has 28 heavy (non-hydrogen) atoms. The molecule has 0 radical (unpaired) electrons. The van der Waals surface area contributed by atoms with Crippen LogP contribution >= 0.6 is 0 Å². The third-order valence-corrected chi connectivity index (χ3v) is 6.08. The van der Waals surface area contributed by atoms with Crippen LogP contribution in [-0.2, 0) is 6.42 Å². The van der Waals surface area contributed by atoms with Crippen LogP contribution < -0.4 is 11.1 Å². The quantitative estimate of drug-likeness (QED) is 0.601. The molecule has 1 aliphatic carbocycles. The zero-order valence-electron chi connectivity index (χ0n) is 16.3. The summed E-state index contributed by atoms with van der Waals surface area (Å²) in [6.45, 7) is 2.82. The molecule has 3 aromatic rings. The molecule has 148 valence electrons. The molecule has 0 amide bonds. The van der Waals surface area contributed by atoms with Crippen LogP contribution in [0.15, 0.2) is 45.6 Å². The summed E-state index contributed by atoms with van der Waals surface area (Å²) in [5.41, 5.74) is 4.55. The number of fused-ring (bicyclic) bond motifs is 1. The van der Waals surface area contributed by atoms with Crippen LogP contribution in [0, 0.1) is 12.7 Å². The third kappa shape index (κ3) is 4.20. The van der Waals surface area contributed by atoms with Gasteiger partial charge in [-0.3, -0.25) is 4.98 Å². The smallest absolute Gasteiger partial charge is 0.408 e. The summed E-state index contributed by atoms with van der Waals surface area (Å²) in [5, 5.41) is 3.67. The van der Waals surface area contributed by atoms with E-state index in [4.69, 9.17) is 4.42 Å². The summed E-state index contributed by atoms with van der Waals surface area (Å²) >= 11 is 0. The monoisotopic (exact) mass is 382 g/mol. The van der Waals surface area contributed by atoms with Crippen molar-refractivity contribution in [1.82, 2.24) is 10.3 Å². The Hall–Kier alpha value is -2.40. The number of H-pyrrole nitrogens is 1. The zero-order chi connectivity index (χ0) is 19.5. The number of benzene rings is 2. The molecule has 0 spiro atoms. The molecule has 1 fully saturated rings. The highest BCUT2D eigenvalue weighted by atomic mass is 19.1. The molecule has 1 aromatic heterocycles. The molecule has 0 aliphatic heterocycles. The minimum absolute atomic E-state index is 0.110. The van der Waals surface area contributed by atoms with E-state index in [2.05, 4.69) is 16.4 Å². The second kappa shape index (κ2) is 8.31. The number of nitrogens with one attached hydrogen (secondary N) is 2. The molecule has 0 unspecified atom stereocenters. The first-order valence-electron chi connectivity index (χ1n) is 10.2. The van der Waals surface area contributed by atoms with Gasteiger partial charge in [-0.25, -0.2) is 9.18 Å². The maximum Gasteiger partial charge on any atom is 0.417 e. The fourth-order valence-corrected chi connectivity index (χ4v) is 4.35. The van der Waals surface area contributed by atoms with Gasteiger partial charge in [0.2, 0.25) is 0 Å². The van der Waals surface area contributed by atoms with Gasteiger partial charge in [-0.1, -0.05) is 18.2 Å². The Labute approximate surface area is 164 Å². The predicted octanol–water partition coefficient (Wildman–Crippen LogP) is 4.82. The molecule has 5 heteroatoms. The van der Waals surface area contributed by atoms with Gasteiger partial charge in [0.15, 0.2) is 5.58 Å². The van der Waals surface area contributed by atoms with Crippen molar-refractivity contribution in [2.24, 2.45) is 0 Å². The lowest BCUT2D eigenvalue weighted by atomic mass is 9.81. The molecule has 2 aromatic carbocycles. The van der Waals surface area contributed by atoms with Gasteiger partial charge in [0, 0.05) is 6.04 Å². The average Bonchev–Trinajstić information content (AvgIpc) is 3.08. The van der Waals surface area contributed by atoms with E-state index in [0.29, 0.717) is 17.5 Å². The summed E-state index contributed by atoms with van der Waals surface area (Å²) in [4.78, 5) is 14.0. The van der Waals surface area contributed by atoms with Crippen LogP contribution in [0.25, 0.3) is 11.1 Å². The van der Waals surface area contributed by atoms with Gasteiger partial charge in [0.05, 0.1) is 5.52 Å². The van der Waals surface area contributed by atoms with E-state index >= 15 is 0 Å². The topological polar surface area (TPSA) is 58.0 Å². The molecule has 0 bridgehead atoms. The first-order valence-corrected chi connectivity index (χ1v) is 10.2. The van der Waals surface area contributed by atoms with Gasteiger partial charge in [0.1, 0.15) is 5.82 Å². The van der Waals surface area contributed by atoms with Crippen molar-refractivity contribution in [1.29, 1.82) is 0 Å². The number of hydrogen-bond donors (Lipinski definition) is 2. The molecule has 2 N–H and O–H groups in total. The Balaban J connectivity index is 1.23. The molecule has 1 heterocycles. The highest BCUT2D eigenvalue weighted by Gasteiger charge is 2.22. The summed E-state index contributed by atoms with van der Waals surface area (Å²) in [6, 6.07) is 11.9. The Kier molecular flexibility index (Phi) is 5.62. The van der Waals surface area contributed by atoms with Gasteiger partial charge >= 0.3 is 5.76 Å². The molecule has 0 saturated heterocycles. The predicted molar refractivity (Wildman–Crippen MR) is 109 cm³/mol. The maximum atomic E-state index is 13.6. The SMILES string of the molecule is Cc1c(F)cccc1CCCNC1CCC(c2ccc3[nH]c(=O)oc3c2)CC1. The van der Waals surface area contributed by atoms with Crippen LogP contribution in [0.3, 0.4) is 0 Å². The van der Waals surface area contributed by atoms with Crippen molar-refractivity contribution >= 4 is 11.1 Å². The minimum Gasteiger partial charge on any atom is -0.408 e. The first kappa shape index (κ1) is 18.9. The largest absolute Gasteiger partial charge is 0.417 e. The third-order valence-electron chi connectivity index (χ3n) is 6.08. The number of halogens is 1. The Morgan fingerprint density at radius 2 is 2.00 bits per heavy atom. The molecular formula is C23H27FN2O2. The van der Waals surface area contributed by atoms with E-state index < -0.39 is 5.76 Å². The normalized spacial score (nSPS) is 19.9. The Morgan fingerprint density at radius 3 is 2.82 bits per heavy atom. The number of aryl methyl sites for hydroxylation is 1. The van der Waals surface area contributed by atoms with E-state index in [9.17, 15) is 9.18 Å². The average molecular weight is 382 g/mol. The van der Waals surface area contributed by atoms with Gasteiger partial charge in [-0.05, 0) is 92.8 Å². The second-order valence-electron chi connectivity index (χ2n) is 7.90. The molecule has 1 saturated carbocycles. The van der Waals surface area contributed by atoms with Crippen LogP contribution in [0.5, 0.6) is 0 Å². The lowest BCUT2D eigenvalue weighted by Crippen LogP contribution is -2.33. The van der Waals surface area contributed by atoms with E-state index in [1.807, 2.05) is 25.1 Å². The molecule has 4 nitrogen and oxygen atoms in total. The van der Waals surface area contributed by atoms with Crippen molar-refractivity contribution in [2.75, 3.05) is 6.54 Å². The maximum absolute atomic E-state index is 13.6. The van der Waals surface area contributed by atoms with Gasteiger partial charge in [-0.15, -0.1) is 0 Å².